The van der Waals surface area contributed by atoms with E-state index in [1.807, 2.05) is 31.2 Å². The Hall–Kier alpha value is -2.61. The van der Waals surface area contributed by atoms with E-state index in [2.05, 4.69) is 31.9 Å². The third-order valence-corrected chi connectivity index (χ3v) is 4.07. The summed E-state index contributed by atoms with van der Waals surface area (Å²) in [6.07, 6.45) is 1.37. The average molecular weight is 408 g/mol. The van der Waals surface area contributed by atoms with E-state index in [9.17, 15) is 14.4 Å². The number of nitrogens with one attached hydrogen (secondary N) is 3. The molecule has 3 amide bonds. The zero-order chi connectivity index (χ0) is 18.2. The first-order chi connectivity index (χ1) is 12.0. The normalized spacial score (nSPS) is 11.4. The number of halogens is 1. The van der Waals surface area contributed by atoms with E-state index in [-0.39, 0.29) is 30.8 Å². The van der Waals surface area contributed by atoms with Crippen LogP contribution in [-0.4, -0.2) is 30.8 Å². The summed E-state index contributed by atoms with van der Waals surface area (Å²) in [4.78, 5) is 35.2. The number of hydrogen-bond donors (Lipinski definition) is 3. The van der Waals surface area contributed by atoms with Gasteiger partial charge < -0.3 is 20.4 Å². The fraction of sp³-hybridized carbons (Fsp3) is 0.235. The summed E-state index contributed by atoms with van der Waals surface area (Å²) < 4.78 is 5.81. The fourth-order valence-electron chi connectivity index (χ4n) is 2.09. The first-order valence-corrected chi connectivity index (χ1v) is 8.39. The molecular formula is C17H18BrN3O4. The highest BCUT2D eigenvalue weighted by Crippen LogP contribution is 2.22. The third kappa shape index (κ3) is 5.75. The fourth-order valence-corrected chi connectivity index (χ4v) is 2.72. The number of benzene rings is 1. The Bertz CT molecular complexity index is 746. The van der Waals surface area contributed by atoms with Crippen LogP contribution in [0.4, 0.5) is 0 Å². The van der Waals surface area contributed by atoms with Crippen molar-refractivity contribution in [1.29, 1.82) is 0 Å². The van der Waals surface area contributed by atoms with E-state index >= 15 is 0 Å². The molecule has 2 rings (SSSR count). The number of carbonyl (C=O) groups excluding carboxylic acids is 3. The Morgan fingerprint density at radius 1 is 1.04 bits per heavy atom. The number of hydrogen-bond acceptors (Lipinski definition) is 4. The first-order valence-electron chi connectivity index (χ1n) is 7.59. The van der Waals surface area contributed by atoms with Crippen molar-refractivity contribution in [2.75, 3.05) is 13.1 Å². The Balaban J connectivity index is 1.71. The average Bonchev–Trinajstić information content (AvgIpc) is 3.12. The molecule has 0 aliphatic carbocycles. The predicted molar refractivity (Wildman–Crippen MR) is 94.8 cm³/mol. The first kappa shape index (κ1) is 18.7. The van der Waals surface area contributed by atoms with Gasteiger partial charge in [0.25, 0.3) is 5.91 Å². The van der Waals surface area contributed by atoms with E-state index in [1.54, 1.807) is 6.07 Å². The van der Waals surface area contributed by atoms with Crippen LogP contribution in [0, 0.1) is 0 Å². The lowest BCUT2D eigenvalue weighted by molar-refractivity contribution is -0.125. The molecule has 0 spiro atoms. The summed E-state index contributed by atoms with van der Waals surface area (Å²) in [6, 6.07) is 10.4. The molecule has 1 heterocycles. The highest BCUT2D eigenvalue weighted by atomic mass is 79.9. The molecule has 7 nitrogen and oxygen atoms in total. The number of furan rings is 1. The van der Waals surface area contributed by atoms with Gasteiger partial charge in [-0.1, -0.05) is 34.1 Å². The molecule has 1 aromatic carbocycles. The van der Waals surface area contributed by atoms with E-state index in [0.717, 1.165) is 10.0 Å². The van der Waals surface area contributed by atoms with Crippen molar-refractivity contribution in [2.24, 2.45) is 0 Å². The topological polar surface area (TPSA) is 100 Å². The maximum absolute atomic E-state index is 11.9. The number of rotatable bonds is 7. The number of amides is 3. The van der Waals surface area contributed by atoms with Crippen LogP contribution >= 0.6 is 15.9 Å². The molecule has 25 heavy (non-hydrogen) atoms. The molecule has 0 fully saturated rings. The Labute approximate surface area is 153 Å². The maximum atomic E-state index is 11.9. The van der Waals surface area contributed by atoms with Gasteiger partial charge in [0.1, 0.15) is 0 Å². The van der Waals surface area contributed by atoms with Gasteiger partial charge in [0, 0.05) is 4.47 Å². The van der Waals surface area contributed by atoms with Crippen molar-refractivity contribution in [3.8, 4) is 0 Å². The highest BCUT2D eigenvalue weighted by molar-refractivity contribution is 9.10. The van der Waals surface area contributed by atoms with Crippen molar-refractivity contribution in [2.45, 2.75) is 13.0 Å². The van der Waals surface area contributed by atoms with Crippen molar-refractivity contribution < 1.29 is 18.8 Å². The molecule has 0 aliphatic rings. The van der Waals surface area contributed by atoms with Gasteiger partial charge in [-0.05, 0) is 30.7 Å². The molecule has 3 N–H and O–H groups in total. The van der Waals surface area contributed by atoms with Crippen LogP contribution in [0.25, 0.3) is 0 Å². The third-order valence-electron chi connectivity index (χ3n) is 3.35. The molecule has 1 unspecified atom stereocenters. The molecule has 0 aliphatic heterocycles. The van der Waals surface area contributed by atoms with Crippen molar-refractivity contribution in [1.82, 2.24) is 16.0 Å². The van der Waals surface area contributed by atoms with Crippen LogP contribution in [-0.2, 0) is 9.59 Å². The molecule has 0 bridgehead atoms. The summed E-state index contributed by atoms with van der Waals surface area (Å²) in [7, 11) is 0. The Morgan fingerprint density at radius 3 is 2.44 bits per heavy atom. The van der Waals surface area contributed by atoms with E-state index in [0.29, 0.717) is 0 Å². The molecule has 1 atom stereocenters. The van der Waals surface area contributed by atoms with Gasteiger partial charge >= 0.3 is 0 Å². The summed E-state index contributed by atoms with van der Waals surface area (Å²) in [6.45, 7) is 1.43. The number of carbonyl (C=O) groups is 3. The predicted octanol–water partition coefficient (Wildman–Crippen LogP) is 1.77. The summed E-state index contributed by atoms with van der Waals surface area (Å²) in [5, 5.41) is 7.64. The molecule has 132 valence electrons. The van der Waals surface area contributed by atoms with Crippen LogP contribution in [0.2, 0.25) is 0 Å². The molecule has 8 heteroatoms. The van der Waals surface area contributed by atoms with Gasteiger partial charge in [-0.2, -0.15) is 0 Å². The second-order valence-electron chi connectivity index (χ2n) is 5.25. The molecule has 0 saturated carbocycles. The molecule has 0 radical (unpaired) electrons. The van der Waals surface area contributed by atoms with Crippen LogP contribution in [0.3, 0.4) is 0 Å². The van der Waals surface area contributed by atoms with E-state index < -0.39 is 11.8 Å². The minimum atomic E-state index is -0.493. The highest BCUT2D eigenvalue weighted by Gasteiger charge is 2.14. The zero-order valence-electron chi connectivity index (χ0n) is 13.5. The van der Waals surface area contributed by atoms with E-state index in [4.69, 9.17) is 4.42 Å². The van der Waals surface area contributed by atoms with Gasteiger partial charge in [-0.25, -0.2) is 0 Å². The second kappa shape index (κ2) is 9.03. The SMILES string of the molecule is CC(NC(=O)CNC(=O)CNC(=O)c1ccco1)c1ccccc1Br. The van der Waals surface area contributed by atoms with Gasteiger partial charge in [0.2, 0.25) is 11.8 Å². The summed E-state index contributed by atoms with van der Waals surface area (Å²) in [5.74, 6) is -1.17. The quantitative estimate of drug-likeness (QED) is 0.650. The minimum absolute atomic E-state index is 0.118. The lowest BCUT2D eigenvalue weighted by Gasteiger charge is -2.16. The van der Waals surface area contributed by atoms with Crippen molar-refractivity contribution in [3.05, 3.63) is 58.5 Å². The summed E-state index contributed by atoms with van der Waals surface area (Å²) in [5.41, 5.74) is 0.938. The lowest BCUT2D eigenvalue weighted by atomic mass is 10.1. The molecule has 0 saturated heterocycles. The Morgan fingerprint density at radius 2 is 1.76 bits per heavy atom. The monoisotopic (exact) mass is 407 g/mol. The maximum Gasteiger partial charge on any atom is 0.287 e. The molecule has 2 aromatic rings. The van der Waals surface area contributed by atoms with Crippen LogP contribution in [0.1, 0.15) is 29.1 Å². The van der Waals surface area contributed by atoms with E-state index in [1.165, 1.54) is 12.3 Å². The Kier molecular flexibility index (Phi) is 6.76. The minimum Gasteiger partial charge on any atom is -0.459 e. The van der Waals surface area contributed by atoms with Crippen LogP contribution in [0.15, 0.2) is 51.6 Å². The van der Waals surface area contributed by atoms with Gasteiger partial charge in [-0.15, -0.1) is 0 Å². The standard InChI is InChI=1S/C17H18BrN3O4/c1-11(12-5-2-3-6-13(12)18)21-16(23)10-19-15(22)9-20-17(24)14-7-4-8-25-14/h2-8,11H,9-10H2,1H3,(H,19,22)(H,20,24)(H,21,23). The smallest absolute Gasteiger partial charge is 0.287 e. The molecular weight excluding hydrogens is 390 g/mol. The largest absolute Gasteiger partial charge is 0.459 e. The zero-order valence-corrected chi connectivity index (χ0v) is 15.1. The lowest BCUT2D eigenvalue weighted by Crippen LogP contribution is -2.42. The van der Waals surface area contributed by atoms with Crippen LogP contribution < -0.4 is 16.0 Å². The van der Waals surface area contributed by atoms with Crippen LogP contribution in [0.5, 0.6) is 0 Å². The summed E-state index contributed by atoms with van der Waals surface area (Å²) >= 11 is 3.43. The van der Waals surface area contributed by atoms with Crippen molar-refractivity contribution >= 4 is 33.7 Å². The van der Waals surface area contributed by atoms with Crippen molar-refractivity contribution in [3.63, 3.8) is 0 Å². The second-order valence-corrected chi connectivity index (χ2v) is 6.10. The van der Waals surface area contributed by atoms with Gasteiger partial charge in [0.15, 0.2) is 5.76 Å². The van der Waals surface area contributed by atoms with Gasteiger partial charge in [-0.3, -0.25) is 14.4 Å². The molecule has 1 aromatic heterocycles. The van der Waals surface area contributed by atoms with Gasteiger partial charge in [0.05, 0.1) is 25.4 Å².